The van der Waals surface area contributed by atoms with Crippen molar-refractivity contribution in [2.24, 2.45) is 0 Å². The van der Waals surface area contributed by atoms with Crippen molar-refractivity contribution >= 4 is 17.5 Å². The molecule has 3 aliphatic rings. The largest absolute Gasteiger partial charge is 0.480 e. The number of amides is 1. The van der Waals surface area contributed by atoms with Crippen LogP contribution in [0.15, 0.2) is 18.2 Å². The van der Waals surface area contributed by atoms with Crippen LogP contribution in [0, 0.1) is 0 Å². The minimum Gasteiger partial charge on any atom is -0.480 e. The van der Waals surface area contributed by atoms with Gasteiger partial charge in [-0.3, -0.25) is 4.79 Å². The van der Waals surface area contributed by atoms with Gasteiger partial charge in [-0.25, -0.2) is 0 Å². The lowest BCUT2D eigenvalue weighted by Gasteiger charge is -2.30. The highest BCUT2D eigenvalue weighted by molar-refractivity contribution is 6.30. The first-order chi connectivity index (χ1) is 10.2. The molecule has 1 aromatic rings. The van der Waals surface area contributed by atoms with Crippen molar-refractivity contribution in [1.82, 2.24) is 10.2 Å². The Balaban J connectivity index is 1.54. The van der Waals surface area contributed by atoms with E-state index in [2.05, 4.69) is 10.2 Å². The SMILES string of the molecule is O=C(C1Cc2cc(Cl)ccc2O1)N1C2CCNCC1CC2. The van der Waals surface area contributed by atoms with Gasteiger partial charge in [-0.1, -0.05) is 11.6 Å². The summed E-state index contributed by atoms with van der Waals surface area (Å²) in [7, 11) is 0. The van der Waals surface area contributed by atoms with E-state index < -0.39 is 0 Å². The monoisotopic (exact) mass is 306 g/mol. The Kier molecular flexibility index (Phi) is 3.31. The van der Waals surface area contributed by atoms with Crippen molar-refractivity contribution in [2.75, 3.05) is 13.1 Å². The fourth-order valence-corrected chi connectivity index (χ4v) is 4.06. The molecule has 0 saturated carbocycles. The quantitative estimate of drug-likeness (QED) is 0.863. The Morgan fingerprint density at radius 2 is 2.14 bits per heavy atom. The molecule has 112 valence electrons. The van der Waals surface area contributed by atoms with E-state index in [1.54, 1.807) is 0 Å². The van der Waals surface area contributed by atoms with Crippen LogP contribution < -0.4 is 10.1 Å². The molecule has 0 radical (unpaired) electrons. The highest BCUT2D eigenvalue weighted by Gasteiger charge is 2.42. The molecule has 1 amide bonds. The smallest absolute Gasteiger partial charge is 0.264 e. The summed E-state index contributed by atoms with van der Waals surface area (Å²) in [5.41, 5.74) is 1.04. The third kappa shape index (κ3) is 2.30. The molecule has 0 aromatic heterocycles. The Morgan fingerprint density at radius 1 is 1.29 bits per heavy atom. The van der Waals surface area contributed by atoms with E-state index in [1.165, 1.54) is 0 Å². The zero-order valence-electron chi connectivity index (χ0n) is 11.8. The molecular weight excluding hydrogens is 288 g/mol. The molecule has 0 aliphatic carbocycles. The number of ether oxygens (including phenoxy) is 1. The number of fused-ring (bicyclic) bond motifs is 3. The minimum absolute atomic E-state index is 0.151. The average Bonchev–Trinajstić information content (AvgIpc) is 2.97. The summed E-state index contributed by atoms with van der Waals surface area (Å²) in [6, 6.07) is 6.30. The second kappa shape index (κ2) is 5.18. The first-order valence-electron chi connectivity index (χ1n) is 7.70. The second-order valence-corrected chi connectivity index (χ2v) is 6.62. The maximum atomic E-state index is 12.9. The summed E-state index contributed by atoms with van der Waals surface area (Å²) in [5.74, 6) is 0.955. The topological polar surface area (TPSA) is 41.6 Å². The van der Waals surface area contributed by atoms with Gasteiger partial charge >= 0.3 is 0 Å². The standard InChI is InChI=1S/C16H19ClN2O2/c17-11-1-4-14-10(7-11)8-15(21-14)16(20)19-12-2-3-13(19)9-18-6-5-12/h1,4,7,12-13,15,18H,2-3,5-6,8-9H2. The Labute approximate surface area is 129 Å². The molecule has 2 fully saturated rings. The summed E-state index contributed by atoms with van der Waals surface area (Å²) in [6.45, 7) is 1.92. The number of halogens is 1. The van der Waals surface area contributed by atoms with Crippen LogP contribution >= 0.6 is 11.6 Å². The van der Waals surface area contributed by atoms with Crippen LogP contribution in [-0.2, 0) is 11.2 Å². The first-order valence-corrected chi connectivity index (χ1v) is 8.08. The maximum Gasteiger partial charge on any atom is 0.264 e. The Bertz CT molecular complexity index is 563. The van der Waals surface area contributed by atoms with Gasteiger partial charge in [0.2, 0.25) is 0 Å². The number of rotatable bonds is 1. The lowest BCUT2D eigenvalue weighted by Crippen LogP contribution is -2.48. The average molecular weight is 307 g/mol. The third-order valence-electron chi connectivity index (χ3n) is 4.88. The van der Waals surface area contributed by atoms with Gasteiger partial charge in [0.1, 0.15) is 5.75 Å². The molecule has 4 nitrogen and oxygen atoms in total. The van der Waals surface area contributed by atoms with E-state index in [1.807, 2.05) is 18.2 Å². The number of carbonyl (C=O) groups excluding carboxylic acids is 1. The molecule has 0 spiro atoms. The zero-order valence-corrected chi connectivity index (χ0v) is 12.6. The van der Waals surface area contributed by atoms with Crippen LogP contribution in [0.1, 0.15) is 24.8 Å². The van der Waals surface area contributed by atoms with E-state index in [9.17, 15) is 4.79 Å². The van der Waals surface area contributed by atoms with Crippen LogP contribution in [0.2, 0.25) is 5.02 Å². The highest BCUT2D eigenvalue weighted by atomic mass is 35.5. The molecule has 4 rings (SSSR count). The number of hydrogen-bond donors (Lipinski definition) is 1. The van der Waals surface area contributed by atoms with Crippen LogP contribution in [0.4, 0.5) is 0 Å². The van der Waals surface area contributed by atoms with Crippen molar-refractivity contribution in [3.8, 4) is 5.75 Å². The molecule has 1 aromatic carbocycles. The summed E-state index contributed by atoms with van der Waals surface area (Å²) in [5, 5.41) is 4.13. The maximum absolute atomic E-state index is 12.9. The van der Waals surface area contributed by atoms with Crippen LogP contribution in [0.25, 0.3) is 0 Å². The summed E-state index contributed by atoms with van der Waals surface area (Å²) in [4.78, 5) is 15.0. The summed E-state index contributed by atoms with van der Waals surface area (Å²) < 4.78 is 5.87. The van der Waals surface area contributed by atoms with Gasteiger partial charge in [-0.05, 0) is 49.6 Å². The van der Waals surface area contributed by atoms with Crippen molar-refractivity contribution in [3.63, 3.8) is 0 Å². The first kappa shape index (κ1) is 13.4. The van der Waals surface area contributed by atoms with Gasteiger partial charge in [0, 0.05) is 30.1 Å². The van der Waals surface area contributed by atoms with Crippen molar-refractivity contribution in [2.45, 2.75) is 43.9 Å². The molecule has 3 heterocycles. The van der Waals surface area contributed by atoms with E-state index in [0.29, 0.717) is 23.5 Å². The van der Waals surface area contributed by atoms with Gasteiger partial charge in [0.25, 0.3) is 5.91 Å². The molecule has 3 aliphatic heterocycles. The number of nitrogens with zero attached hydrogens (tertiary/aromatic N) is 1. The lowest BCUT2D eigenvalue weighted by molar-refractivity contribution is -0.140. The molecular formula is C16H19ClN2O2. The zero-order chi connectivity index (χ0) is 14.4. The van der Waals surface area contributed by atoms with Gasteiger partial charge in [0.15, 0.2) is 6.10 Å². The van der Waals surface area contributed by atoms with E-state index in [4.69, 9.17) is 16.3 Å². The predicted octanol–water partition coefficient (Wildman–Crippen LogP) is 2.00. The number of nitrogens with one attached hydrogen (secondary N) is 1. The predicted molar refractivity (Wildman–Crippen MR) is 80.7 cm³/mol. The fraction of sp³-hybridized carbons (Fsp3) is 0.562. The van der Waals surface area contributed by atoms with Crippen LogP contribution in [-0.4, -0.2) is 42.1 Å². The molecule has 2 bridgehead atoms. The van der Waals surface area contributed by atoms with Crippen molar-refractivity contribution < 1.29 is 9.53 Å². The summed E-state index contributed by atoms with van der Waals surface area (Å²) in [6.07, 6.45) is 3.55. The Hall–Kier alpha value is -1.26. The molecule has 1 N–H and O–H groups in total. The second-order valence-electron chi connectivity index (χ2n) is 6.19. The minimum atomic E-state index is -0.375. The van der Waals surface area contributed by atoms with Crippen molar-refractivity contribution in [3.05, 3.63) is 28.8 Å². The molecule has 5 heteroatoms. The van der Waals surface area contributed by atoms with Crippen LogP contribution in [0.3, 0.4) is 0 Å². The number of benzene rings is 1. The van der Waals surface area contributed by atoms with E-state index in [-0.39, 0.29) is 12.0 Å². The lowest BCUT2D eigenvalue weighted by atomic mass is 10.1. The Morgan fingerprint density at radius 3 is 3.05 bits per heavy atom. The number of carbonyl (C=O) groups is 1. The molecule has 3 unspecified atom stereocenters. The van der Waals surface area contributed by atoms with Crippen molar-refractivity contribution in [1.29, 1.82) is 0 Å². The molecule has 3 atom stereocenters. The normalized spacial score (nSPS) is 30.7. The van der Waals surface area contributed by atoms with Crippen LogP contribution in [0.5, 0.6) is 5.75 Å². The third-order valence-corrected chi connectivity index (χ3v) is 5.12. The van der Waals surface area contributed by atoms with Gasteiger partial charge < -0.3 is 15.0 Å². The number of hydrogen-bond acceptors (Lipinski definition) is 3. The summed E-state index contributed by atoms with van der Waals surface area (Å²) >= 11 is 6.02. The molecule has 2 saturated heterocycles. The van der Waals surface area contributed by atoms with Gasteiger partial charge in [0.05, 0.1) is 0 Å². The fourth-order valence-electron chi connectivity index (χ4n) is 3.86. The van der Waals surface area contributed by atoms with E-state index >= 15 is 0 Å². The van der Waals surface area contributed by atoms with Gasteiger partial charge in [-0.15, -0.1) is 0 Å². The molecule has 21 heavy (non-hydrogen) atoms. The van der Waals surface area contributed by atoms with E-state index in [0.717, 1.165) is 43.7 Å². The van der Waals surface area contributed by atoms with Gasteiger partial charge in [-0.2, -0.15) is 0 Å². The highest BCUT2D eigenvalue weighted by Crippen LogP contribution is 2.34.